The summed E-state index contributed by atoms with van der Waals surface area (Å²) in [5.74, 6) is 0.277. The first-order valence-corrected chi connectivity index (χ1v) is 8.00. The average Bonchev–Trinajstić information content (AvgIpc) is 2.55. The van der Waals surface area contributed by atoms with Crippen LogP contribution in [0.2, 0.25) is 0 Å². The first-order chi connectivity index (χ1) is 10.6. The van der Waals surface area contributed by atoms with Crippen LogP contribution in [0.5, 0.6) is 0 Å². The molecule has 0 aliphatic rings. The van der Waals surface area contributed by atoms with Crippen molar-refractivity contribution in [2.24, 2.45) is 0 Å². The van der Waals surface area contributed by atoms with Gasteiger partial charge in [-0.3, -0.25) is 4.79 Å². The van der Waals surface area contributed by atoms with E-state index in [-0.39, 0.29) is 23.6 Å². The Hall–Kier alpha value is -1.85. The van der Waals surface area contributed by atoms with Crippen LogP contribution in [0.3, 0.4) is 0 Å². The van der Waals surface area contributed by atoms with E-state index in [0.717, 1.165) is 11.1 Å². The zero-order valence-electron chi connectivity index (χ0n) is 12.3. The van der Waals surface area contributed by atoms with Crippen molar-refractivity contribution in [1.29, 1.82) is 0 Å². The second-order valence-electron chi connectivity index (χ2n) is 4.92. The Labute approximate surface area is 133 Å². The molecule has 0 heterocycles. The number of carbonyl (C=O) groups is 1. The summed E-state index contributed by atoms with van der Waals surface area (Å²) in [6.07, 6.45) is 0. The number of thioether (sulfide) groups is 1. The molecule has 0 bridgehead atoms. The SMILES string of the molecule is CC(SCc1ccc(CO)cc1)C(=O)Nc1ccc(F)cc1. The van der Waals surface area contributed by atoms with Crippen LogP contribution in [0.1, 0.15) is 18.1 Å². The van der Waals surface area contributed by atoms with Gasteiger partial charge >= 0.3 is 0 Å². The molecule has 2 rings (SSSR count). The first-order valence-electron chi connectivity index (χ1n) is 6.95. The number of nitrogens with one attached hydrogen (secondary N) is 1. The van der Waals surface area contributed by atoms with E-state index in [4.69, 9.17) is 5.11 Å². The molecule has 0 radical (unpaired) electrons. The summed E-state index contributed by atoms with van der Waals surface area (Å²) in [5.41, 5.74) is 2.56. The summed E-state index contributed by atoms with van der Waals surface area (Å²) < 4.78 is 12.8. The van der Waals surface area contributed by atoms with Gasteiger partial charge in [0, 0.05) is 11.4 Å². The molecular weight excluding hydrogens is 301 g/mol. The molecule has 116 valence electrons. The number of aliphatic hydroxyl groups excluding tert-OH is 1. The Bertz CT molecular complexity index is 614. The summed E-state index contributed by atoms with van der Waals surface area (Å²) in [7, 11) is 0. The van der Waals surface area contributed by atoms with Gasteiger partial charge in [0.15, 0.2) is 0 Å². The molecule has 0 aromatic heterocycles. The van der Waals surface area contributed by atoms with Gasteiger partial charge in [-0.2, -0.15) is 0 Å². The lowest BCUT2D eigenvalue weighted by Gasteiger charge is -2.12. The zero-order chi connectivity index (χ0) is 15.9. The largest absolute Gasteiger partial charge is 0.392 e. The Kier molecular flexibility index (Phi) is 5.98. The molecule has 22 heavy (non-hydrogen) atoms. The third-order valence-electron chi connectivity index (χ3n) is 3.19. The van der Waals surface area contributed by atoms with Gasteiger partial charge in [-0.1, -0.05) is 24.3 Å². The van der Waals surface area contributed by atoms with Crippen LogP contribution in [0.25, 0.3) is 0 Å². The predicted molar refractivity (Wildman–Crippen MR) is 88.2 cm³/mol. The third-order valence-corrected chi connectivity index (χ3v) is 4.40. The van der Waals surface area contributed by atoms with E-state index in [1.54, 1.807) is 0 Å². The van der Waals surface area contributed by atoms with Gasteiger partial charge in [0.05, 0.1) is 11.9 Å². The van der Waals surface area contributed by atoms with Crippen LogP contribution in [0.4, 0.5) is 10.1 Å². The molecule has 1 atom stereocenters. The van der Waals surface area contributed by atoms with Gasteiger partial charge < -0.3 is 10.4 Å². The van der Waals surface area contributed by atoms with Gasteiger partial charge in [0.2, 0.25) is 5.91 Å². The van der Waals surface area contributed by atoms with Crippen molar-refractivity contribution >= 4 is 23.4 Å². The maximum Gasteiger partial charge on any atom is 0.237 e. The fourth-order valence-electron chi connectivity index (χ4n) is 1.81. The highest BCUT2D eigenvalue weighted by atomic mass is 32.2. The number of carbonyl (C=O) groups excluding carboxylic acids is 1. The van der Waals surface area contributed by atoms with Crippen molar-refractivity contribution in [3.8, 4) is 0 Å². The van der Waals surface area contributed by atoms with E-state index in [1.807, 2.05) is 31.2 Å². The van der Waals surface area contributed by atoms with Gasteiger partial charge in [-0.15, -0.1) is 11.8 Å². The number of rotatable bonds is 6. The average molecular weight is 319 g/mol. The van der Waals surface area contributed by atoms with Crippen molar-refractivity contribution in [3.63, 3.8) is 0 Å². The van der Waals surface area contributed by atoms with Crippen molar-refractivity contribution in [3.05, 3.63) is 65.5 Å². The lowest BCUT2D eigenvalue weighted by molar-refractivity contribution is -0.115. The standard InChI is InChI=1S/C17H18FNO2S/c1-12(17(21)19-16-8-6-15(18)7-9-16)22-11-14-4-2-13(10-20)3-5-14/h2-9,12,20H,10-11H2,1H3,(H,19,21). The fourth-order valence-corrected chi connectivity index (χ4v) is 2.66. The summed E-state index contributed by atoms with van der Waals surface area (Å²) in [6.45, 7) is 1.87. The van der Waals surface area contributed by atoms with Crippen LogP contribution in [-0.4, -0.2) is 16.3 Å². The number of hydrogen-bond acceptors (Lipinski definition) is 3. The van der Waals surface area contributed by atoms with E-state index < -0.39 is 0 Å². The molecule has 2 N–H and O–H groups in total. The maximum atomic E-state index is 12.8. The molecule has 0 fully saturated rings. The summed E-state index contributed by atoms with van der Waals surface area (Å²) >= 11 is 1.52. The van der Waals surface area contributed by atoms with Crippen LogP contribution in [0.15, 0.2) is 48.5 Å². The highest BCUT2D eigenvalue weighted by Gasteiger charge is 2.13. The molecular formula is C17H18FNO2S. The van der Waals surface area contributed by atoms with E-state index in [9.17, 15) is 9.18 Å². The number of amides is 1. The Morgan fingerprint density at radius 1 is 1.14 bits per heavy atom. The Morgan fingerprint density at radius 3 is 2.32 bits per heavy atom. The van der Waals surface area contributed by atoms with Crippen molar-refractivity contribution in [1.82, 2.24) is 0 Å². The fraction of sp³-hybridized carbons (Fsp3) is 0.235. The van der Waals surface area contributed by atoms with Crippen molar-refractivity contribution in [2.75, 3.05) is 5.32 Å². The molecule has 3 nitrogen and oxygen atoms in total. The van der Waals surface area contributed by atoms with E-state index in [1.165, 1.54) is 36.0 Å². The number of halogens is 1. The van der Waals surface area contributed by atoms with Gasteiger partial charge in [0.1, 0.15) is 5.82 Å². The molecule has 0 saturated heterocycles. The van der Waals surface area contributed by atoms with Gasteiger partial charge in [-0.05, 0) is 42.3 Å². The van der Waals surface area contributed by atoms with E-state index in [0.29, 0.717) is 11.4 Å². The smallest absolute Gasteiger partial charge is 0.237 e. The van der Waals surface area contributed by atoms with Crippen LogP contribution in [-0.2, 0) is 17.2 Å². The number of anilines is 1. The molecule has 5 heteroatoms. The minimum atomic E-state index is -0.327. The quantitative estimate of drug-likeness (QED) is 0.855. The second-order valence-corrected chi connectivity index (χ2v) is 6.25. The molecule has 0 saturated carbocycles. The highest BCUT2D eigenvalue weighted by molar-refractivity contribution is 7.99. The number of benzene rings is 2. The number of hydrogen-bond donors (Lipinski definition) is 2. The van der Waals surface area contributed by atoms with Crippen molar-refractivity contribution < 1.29 is 14.3 Å². The normalized spacial score (nSPS) is 12.0. The highest BCUT2D eigenvalue weighted by Crippen LogP contribution is 2.20. The summed E-state index contributed by atoms with van der Waals surface area (Å²) in [5, 5.41) is 11.5. The predicted octanol–water partition coefficient (Wildman–Crippen LogP) is 3.58. The van der Waals surface area contributed by atoms with Gasteiger partial charge in [-0.25, -0.2) is 4.39 Å². The number of aliphatic hydroxyl groups is 1. The van der Waals surface area contributed by atoms with Crippen LogP contribution >= 0.6 is 11.8 Å². The Morgan fingerprint density at radius 2 is 1.73 bits per heavy atom. The minimum Gasteiger partial charge on any atom is -0.392 e. The lowest BCUT2D eigenvalue weighted by atomic mass is 10.2. The molecule has 0 spiro atoms. The summed E-state index contributed by atoms with van der Waals surface area (Å²) in [6, 6.07) is 13.4. The van der Waals surface area contributed by atoms with Gasteiger partial charge in [0.25, 0.3) is 0 Å². The summed E-state index contributed by atoms with van der Waals surface area (Å²) in [4.78, 5) is 12.1. The molecule has 2 aromatic rings. The van der Waals surface area contributed by atoms with E-state index in [2.05, 4.69) is 5.32 Å². The molecule has 1 unspecified atom stereocenters. The van der Waals surface area contributed by atoms with E-state index >= 15 is 0 Å². The maximum absolute atomic E-state index is 12.8. The minimum absolute atomic E-state index is 0.0316. The van der Waals surface area contributed by atoms with Crippen LogP contribution in [0, 0.1) is 5.82 Å². The topological polar surface area (TPSA) is 49.3 Å². The monoisotopic (exact) mass is 319 g/mol. The third kappa shape index (κ3) is 4.86. The molecule has 2 aromatic carbocycles. The molecule has 0 aliphatic heterocycles. The first kappa shape index (κ1) is 16.5. The molecule has 1 amide bonds. The Balaban J connectivity index is 1.84. The molecule has 0 aliphatic carbocycles. The van der Waals surface area contributed by atoms with Crippen molar-refractivity contribution in [2.45, 2.75) is 24.5 Å². The lowest BCUT2D eigenvalue weighted by Crippen LogP contribution is -2.22. The second kappa shape index (κ2) is 7.96. The van der Waals surface area contributed by atoms with Crippen LogP contribution < -0.4 is 5.32 Å². The zero-order valence-corrected chi connectivity index (χ0v) is 13.1.